The summed E-state index contributed by atoms with van der Waals surface area (Å²) in [6.07, 6.45) is -4.64. The van der Waals surface area contributed by atoms with E-state index in [1.165, 1.54) is 6.20 Å². The maximum atomic E-state index is 11.5. The molecule has 1 aliphatic heterocycles. The molecule has 2 aromatic carbocycles. The largest absolute Gasteiger partial charge is 0.490 e. The van der Waals surface area contributed by atoms with Crippen molar-refractivity contribution >= 4 is 29.4 Å². The number of likely N-dealkylation sites (N-methyl/N-ethyl adjacent to an activating group) is 1. The van der Waals surface area contributed by atoms with E-state index in [0.717, 1.165) is 38.4 Å². The van der Waals surface area contributed by atoms with Crippen molar-refractivity contribution in [3.63, 3.8) is 0 Å². The number of carboxylic acid groups (broad SMARTS) is 1. The highest BCUT2D eigenvalue weighted by molar-refractivity contribution is 5.75. The van der Waals surface area contributed by atoms with Crippen LogP contribution in [0.25, 0.3) is 0 Å². The first-order valence-electron chi connectivity index (χ1n) is 12.2. The zero-order chi connectivity index (χ0) is 30.0. The van der Waals surface area contributed by atoms with Crippen LogP contribution in [0.5, 0.6) is 17.4 Å². The minimum atomic E-state index is -5.08. The number of benzene rings is 2. The number of ether oxygens (including phenoxy) is 2. The highest BCUT2D eigenvalue weighted by Crippen LogP contribution is 2.33. The number of nitrogens with one attached hydrogen (secondary N) is 1. The third kappa shape index (κ3) is 8.97. The number of halogens is 3. The SMILES string of the molecule is CCN1CCN(c2ccc(Nc3ncc(C#N)c(Oc4ccccc4)n3)c(OC(N)=O)c2)CC1.O=C(O)C(F)(F)F. The van der Waals surface area contributed by atoms with Gasteiger partial charge in [-0.15, -0.1) is 0 Å². The van der Waals surface area contributed by atoms with Crippen molar-refractivity contribution in [2.24, 2.45) is 5.73 Å². The van der Waals surface area contributed by atoms with Crippen molar-refractivity contribution in [3.05, 3.63) is 60.3 Å². The van der Waals surface area contributed by atoms with Gasteiger partial charge in [0.05, 0.1) is 11.9 Å². The van der Waals surface area contributed by atoms with Gasteiger partial charge < -0.3 is 35.4 Å². The first-order valence-corrected chi connectivity index (χ1v) is 12.2. The molecule has 4 N–H and O–H groups in total. The molecule has 1 amide bonds. The molecular weight excluding hydrogens is 547 g/mol. The lowest BCUT2D eigenvalue weighted by Gasteiger charge is -2.35. The van der Waals surface area contributed by atoms with Crippen LogP contribution in [-0.2, 0) is 4.79 Å². The Labute approximate surface area is 232 Å². The standard InChI is InChI=1S/C24H25N7O3.C2HF3O2/c1-2-30-10-12-31(13-11-30)18-8-9-20(21(14-18)34-23(26)32)28-24-27-16-17(15-25)22(29-24)33-19-6-4-3-5-7-19;3-2(4,5)1(6)7/h3-9,14,16H,2,10-13H2,1H3,(H2,26,32)(H,27,28,29);(H,6,7). The van der Waals surface area contributed by atoms with Gasteiger partial charge in [0, 0.05) is 37.9 Å². The molecule has 41 heavy (non-hydrogen) atoms. The lowest BCUT2D eigenvalue weighted by molar-refractivity contribution is -0.192. The maximum Gasteiger partial charge on any atom is 0.490 e. The second-order valence-electron chi connectivity index (χ2n) is 8.39. The molecule has 1 aromatic heterocycles. The highest BCUT2D eigenvalue weighted by atomic mass is 19.4. The molecule has 0 unspecified atom stereocenters. The predicted molar refractivity (Wildman–Crippen MR) is 141 cm³/mol. The summed E-state index contributed by atoms with van der Waals surface area (Å²) >= 11 is 0. The lowest BCUT2D eigenvalue weighted by atomic mass is 10.2. The maximum absolute atomic E-state index is 11.5. The van der Waals surface area contributed by atoms with Gasteiger partial charge in [0.2, 0.25) is 11.8 Å². The first kappa shape index (κ1) is 30.4. The van der Waals surface area contributed by atoms with Crippen LogP contribution >= 0.6 is 0 Å². The number of carbonyl (C=O) groups is 2. The first-order chi connectivity index (χ1) is 19.5. The van der Waals surface area contributed by atoms with E-state index in [1.54, 1.807) is 24.3 Å². The van der Waals surface area contributed by atoms with E-state index in [0.29, 0.717) is 11.4 Å². The summed E-state index contributed by atoms with van der Waals surface area (Å²) in [4.78, 5) is 33.6. The molecule has 0 radical (unpaired) electrons. The monoisotopic (exact) mass is 573 g/mol. The van der Waals surface area contributed by atoms with Crippen molar-refractivity contribution in [2.75, 3.05) is 42.9 Å². The summed E-state index contributed by atoms with van der Waals surface area (Å²) in [5.41, 5.74) is 6.86. The number of piperazine rings is 1. The summed E-state index contributed by atoms with van der Waals surface area (Å²) in [6, 6.07) is 16.5. The second kappa shape index (κ2) is 13.8. The van der Waals surface area contributed by atoms with Crippen LogP contribution in [0.4, 0.5) is 35.3 Å². The Morgan fingerprint density at radius 2 is 1.80 bits per heavy atom. The number of hydrogen-bond acceptors (Lipinski definition) is 10. The van der Waals surface area contributed by atoms with Crippen molar-refractivity contribution in [1.82, 2.24) is 14.9 Å². The average Bonchev–Trinajstić information content (AvgIpc) is 2.94. The molecule has 216 valence electrons. The van der Waals surface area contributed by atoms with Gasteiger partial charge in [-0.05, 0) is 30.8 Å². The number of rotatable bonds is 7. The lowest BCUT2D eigenvalue weighted by Crippen LogP contribution is -2.46. The number of aromatic nitrogens is 2. The van der Waals surface area contributed by atoms with Crippen molar-refractivity contribution < 1.29 is 37.3 Å². The quantitative estimate of drug-likeness (QED) is 0.372. The molecule has 4 rings (SSSR count). The number of aliphatic carboxylic acids is 1. The highest BCUT2D eigenvalue weighted by Gasteiger charge is 2.38. The van der Waals surface area contributed by atoms with E-state index < -0.39 is 18.2 Å². The summed E-state index contributed by atoms with van der Waals surface area (Å²) in [6.45, 7) is 6.84. The average molecular weight is 574 g/mol. The van der Waals surface area contributed by atoms with Gasteiger partial charge in [0.1, 0.15) is 17.4 Å². The van der Waals surface area contributed by atoms with Crippen LogP contribution in [0, 0.1) is 11.3 Å². The Morgan fingerprint density at radius 1 is 1.15 bits per heavy atom. The van der Waals surface area contributed by atoms with E-state index in [1.807, 2.05) is 30.3 Å². The van der Waals surface area contributed by atoms with Crippen molar-refractivity contribution in [3.8, 4) is 23.4 Å². The van der Waals surface area contributed by atoms with Crippen LogP contribution in [-0.4, -0.2) is 70.9 Å². The Hall–Kier alpha value is -5.10. The van der Waals surface area contributed by atoms with Gasteiger partial charge in [-0.3, -0.25) is 0 Å². The zero-order valence-corrected chi connectivity index (χ0v) is 21.8. The number of hydrogen-bond donors (Lipinski definition) is 3. The number of carboxylic acids is 1. The normalized spacial score (nSPS) is 13.3. The molecule has 0 aliphatic carbocycles. The number of alkyl halides is 3. The topological polar surface area (TPSA) is 167 Å². The van der Waals surface area contributed by atoms with E-state index in [-0.39, 0.29) is 23.1 Å². The molecule has 15 heteroatoms. The number of carbonyl (C=O) groups excluding carboxylic acids is 1. The zero-order valence-electron chi connectivity index (χ0n) is 21.8. The molecule has 1 aliphatic rings. The molecular formula is C26H26F3N7O5. The van der Waals surface area contributed by atoms with Gasteiger partial charge in [-0.25, -0.2) is 14.6 Å². The van der Waals surface area contributed by atoms with Crippen LogP contribution in [0.1, 0.15) is 12.5 Å². The number of primary amides is 1. The Kier molecular flexibility index (Phi) is 10.3. The number of nitriles is 1. The third-order valence-electron chi connectivity index (χ3n) is 5.68. The Morgan fingerprint density at radius 3 is 2.37 bits per heavy atom. The third-order valence-corrected chi connectivity index (χ3v) is 5.68. The minimum Gasteiger partial charge on any atom is -0.475 e. The van der Waals surface area contributed by atoms with Crippen LogP contribution < -0.4 is 25.4 Å². The summed E-state index contributed by atoms with van der Waals surface area (Å²) in [7, 11) is 0. The second-order valence-corrected chi connectivity index (χ2v) is 8.39. The number of para-hydroxylation sites is 1. The van der Waals surface area contributed by atoms with Gasteiger partial charge in [0.25, 0.3) is 0 Å². The molecule has 0 bridgehead atoms. The van der Waals surface area contributed by atoms with Gasteiger partial charge in [0.15, 0.2) is 5.75 Å². The van der Waals surface area contributed by atoms with E-state index in [9.17, 15) is 23.2 Å². The summed E-state index contributed by atoms with van der Waals surface area (Å²) < 4.78 is 42.8. The molecule has 3 aromatic rings. The number of nitrogens with two attached hydrogens (primary N) is 1. The Bertz CT molecular complexity index is 1390. The van der Waals surface area contributed by atoms with Crippen molar-refractivity contribution in [1.29, 1.82) is 5.26 Å². The smallest absolute Gasteiger partial charge is 0.475 e. The molecule has 0 saturated carbocycles. The van der Waals surface area contributed by atoms with Crippen molar-refractivity contribution in [2.45, 2.75) is 13.1 Å². The summed E-state index contributed by atoms with van der Waals surface area (Å²) in [5.74, 6) is -1.69. The number of anilines is 3. The van der Waals surface area contributed by atoms with E-state index in [2.05, 4.69) is 32.0 Å². The fourth-order valence-electron chi connectivity index (χ4n) is 3.63. The molecule has 12 nitrogen and oxygen atoms in total. The van der Waals surface area contributed by atoms with E-state index in [4.69, 9.17) is 25.1 Å². The summed E-state index contributed by atoms with van der Waals surface area (Å²) in [5, 5.41) is 19.6. The fraction of sp³-hybridized carbons (Fsp3) is 0.269. The van der Waals surface area contributed by atoms with Crippen LogP contribution in [0.3, 0.4) is 0 Å². The fourth-order valence-corrected chi connectivity index (χ4v) is 3.63. The van der Waals surface area contributed by atoms with Gasteiger partial charge in [-0.2, -0.15) is 23.4 Å². The molecule has 2 heterocycles. The van der Waals surface area contributed by atoms with Gasteiger partial charge >= 0.3 is 18.2 Å². The molecule has 1 saturated heterocycles. The van der Waals surface area contributed by atoms with Crippen LogP contribution in [0.15, 0.2) is 54.7 Å². The van der Waals surface area contributed by atoms with Crippen LogP contribution in [0.2, 0.25) is 0 Å². The minimum absolute atomic E-state index is 0.106. The molecule has 0 atom stereocenters. The number of amides is 1. The molecule has 0 spiro atoms. The van der Waals surface area contributed by atoms with Gasteiger partial charge in [-0.1, -0.05) is 25.1 Å². The predicted octanol–water partition coefficient (Wildman–Crippen LogP) is 4.12. The van der Waals surface area contributed by atoms with E-state index >= 15 is 0 Å². The number of nitrogens with zero attached hydrogens (tertiary/aromatic N) is 5. The molecule has 1 fully saturated rings. The Balaban J connectivity index is 0.000000587.